The van der Waals surface area contributed by atoms with E-state index in [0.29, 0.717) is 18.0 Å². The number of hydrogen-bond donors (Lipinski definition) is 2. The van der Waals surface area contributed by atoms with Crippen LogP contribution in [0.1, 0.15) is 23.5 Å². The Hall–Kier alpha value is -1.40. The lowest BCUT2D eigenvalue weighted by Gasteiger charge is -2.39. The van der Waals surface area contributed by atoms with E-state index in [9.17, 15) is 14.7 Å². The second kappa shape index (κ2) is 5.71. The summed E-state index contributed by atoms with van der Waals surface area (Å²) in [5, 5.41) is 13.8. The molecule has 2 N–H and O–H groups in total. The molecule has 1 aromatic rings. The average Bonchev–Trinajstić information content (AvgIpc) is 2.84. The average molecular weight is 282 g/mol. The van der Waals surface area contributed by atoms with Crippen LogP contribution in [0.15, 0.2) is 17.5 Å². The second-order valence-electron chi connectivity index (χ2n) is 5.07. The van der Waals surface area contributed by atoms with Gasteiger partial charge in [-0.25, -0.2) is 0 Å². The van der Waals surface area contributed by atoms with Crippen molar-refractivity contribution in [1.82, 2.24) is 10.2 Å². The van der Waals surface area contributed by atoms with Crippen LogP contribution in [0.4, 0.5) is 0 Å². The number of amides is 2. The quantitative estimate of drug-likeness (QED) is 0.854. The number of likely N-dealkylation sites (tertiary alicyclic amines) is 1. The van der Waals surface area contributed by atoms with Gasteiger partial charge < -0.3 is 15.3 Å². The molecule has 0 radical (unpaired) electrons. The molecule has 1 aliphatic heterocycles. The SMILES string of the molecule is CC(C)C(NC(=O)c1cccs1)C(=O)N1CC(O)C1. The number of β-amino-alcohol motifs (C(OH)–C–C–N with tert-alkyl or cyclic N) is 1. The highest BCUT2D eigenvalue weighted by Gasteiger charge is 2.35. The van der Waals surface area contributed by atoms with Crippen molar-refractivity contribution in [3.63, 3.8) is 0 Å². The minimum absolute atomic E-state index is 0.00848. The molecule has 0 bridgehead atoms. The second-order valence-corrected chi connectivity index (χ2v) is 6.02. The zero-order chi connectivity index (χ0) is 14.0. The molecular formula is C13H18N2O3S. The van der Waals surface area contributed by atoms with Crippen LogP contribution in [0.3, 0.4) is 0 Å². The van der Waals surface area contributed by atoms with Crippen LogP contribution in [-0.2, 0) is 4.79 Å². The van der Waals surface area contributed by atoms with Crippen molar-refractivity contribution < 1.29 is 14.7 Å². The van der Waals surface area contributed by atoms with Crippen molar-refractivity contribution in [2.45, 2.75) is 26.0 Å². The van der Waals surface area contributed by atoms with Gasteiger partial charge in [-0.3, -0.25) is 9.59 Å². The Morgan fingerprint density at radius 2 is 2.16 bits per heavy atom. The molecule has 19 heavy (non-hydrogen) atoms. The first-order valence-electron chi connectivity index (χ1n) is 6.30. The Bertz CT molecular complexity index is 452. The van der Waals surface area contributed by atoms with E-state index in [1.807, 2.05) is 19.2 Å². The molecule has 0 aliphatic carbocycles. The van der Waals surface area contributed by atoms with Crippen LogP contribution in [-0.4, -0.2) is 47.1 Å². The third-order valence-electron chi connectivity index (χ3n) is 3.14. The lowest BCUT2D eigenvalue weighted by Crippen LogP contribution is -2.60. The Morgan fingerprint density at radius 3 is 2.63 bits per heavy atom. The predicted octanol–water partition coefficient (Wildman–Crippen LogP) is 0.706. The third-order valence-corrected chi connectivity index (χ3v) is 4.01. The van der Waals surface area contributed by atoms with E-state index >= 15 is 0 Å². The Labute approximate surface area is 116 Å². The number of thiophene rings is 1. The number of nitrogens with one attached hydrogen (secondary N) is 1. The minimum Gasteiger partial charge on any atom is -0.389 e. The van der Waals surface area contributed by atoms with E-state index in [-0.39, 0.29) is 17.7 Å². The van der Waals surface area contributed by atoms with Crippen molar-refractivity contribution >= 4 is 23.2 Å². The van der Waals surface area contributed by atoms with E-state index in [0.717, 1.165) is 0 Å². The molecule has 2 amide bonds. The standard InChI is InChI=1S/C13H18N2O3S/c1-8(2)11(13(18)15-6-9(16)7-15)14-12(17)10-4-3-5-19-10/h3-5,8-9,11,16H,6-7H2,1-2H3,(H,14,17). The first kappa shape index (κ1) is 14.0. The van der Waals surface area contributed by atoms with Crippen LogP contribution in [0.25, 0.3) is 0 Å². The van der Waals surface area contributed by atoms with Gasteiger partial charge in [-0.2, -0.15) is 0 Å². The van der Waals surface area contributed by atoms with Crippen LogP contribution in [0.5, 0.6) is 0 Å². The number of rotatable bonds is 4. The summed E-state index contributed by atoms with van der Waals surface area (Å²) in [4.78, 5) is 26.4. The molecule has 0 spiro atoms. The van der Waals surface area contributed by atoms with Gasteiger partial charge in [-0.1, -0.05) is 19.9 Å². The summed E-state index contributed by atoms with van der Waals surface area (Å²) in [7, 11) is 0. The van der Waals surface area contributed by atoms with Crippen LogP contribution in [0.2, 0.25) is 0 Å². The monoisotopic (exact) mass is 282 g/mol. The molecule has 0 saturated carbocycles. The van der Waals surface area contributed by atoms with E-state index in [1.54, 1.807) is 17.0 Å². The molecular weight excluding hydrogens is 264 g/mol. The summed E-state index contributed by atoms with van der Waals surface area (Å²) >= 11 is 1.35. The molecule has 0 aromatic carbocycles. The summed E-state index contributed by atoms with van der Waals surface area (Å²) in [6.45, 7) is 4.51. The number of hydrogen-bond acceptors (Lipinski definition) is 4. The van der Waals surface area contributed by atoms with Gasteiger partial charge in [-0.15, -0.1) is 11.3 Å². The summed E-state index contributed by atoms with van der Waals surface area (Å²) in [6.07, 6.45) is -0.426. The summed E-state index contributed by atoms with van der Waals surface area (Å²) in [5.41, 5.74) is 0. The van der Waals surface area contributed by atoms with Crippen molar-refractivity contribution in [1.29, 1.82) is 0 Å². The topological polar surface area (TPSA) is 69.6 Å². The van der Waals surface area contributed by atoms with Gasteiger partial charge in [0.25, 0.3) is 5.91 Å². The fourth-order valence-electron chi connectivity index (χ4n) is 1.97. The Balaban J connectivity index is 2.00. The molecule has 2 rings (SSSR count). The predicted molar refractivity (Wildman–Crippen MR) is 73.0 cm³/mol. The van der Waals surface area contributed by atoms with E-state index in [1.165, 1.54) is 11.3 Å². The maximum atomic E-state index is 12.2. The Morgan fingerprint density at radius 1 is 1.47 bits per heavy atom. The zero-order valence-electron chi connectivity index (χ0n) is 11.0. The van der Waals surface area contributed by atoms with Crippen molar-refractivity contribution in [3.05, 3.63) is 22.4 Å². The lowest BCUT2D eigenvalue weighted by atomic mass is 10.0. The van der Waals surface area contributed by atoms with Crippen molar-refractivity contribution in [3.8, 4) is 0 Å². The maximum absolute atomic E-state index is 12.2. The molecule has 1 aromatic heterocycles. The van der Waals surface area contributed by atoms with Crippen LogP contribution in [0, 0.1) is 5.92 Å². The van der Waals surface area contributed by atoms with Gasteiger partial charge in [0, 0.05) is 13.1 Å². The zero-order valence-corrected chi connectivity index (χ0v) is 11.8. The number of aliphatic hydroxyl groups is 1. The summed E-state index contributed by atoms with van der Waals surface area (Å²) in [6, 6.07) is 2.99. The Kier molecular flexibility index (Phi) is 4.21. The van der Waals surface area contributed by atoms with Crippen molar-refractivity contribution in [2.24, 2.45) is 5.92 Å². The number of aliphatic hydroxyl groups excluding tert-OH is 1. The van der Waals surface area contributed by atoms with Crippen molar-refractivity contribution in [2.75, 3.05) is 13.1 Å². The highest BCUT2D eigenvalue weighted by molar-refractivity contribution is 7.12. The fourth-order valence-corrected chi connectivity index (χ4v) is 2.59. The van der Waals surface area contributed by atoms with Crippen LogP contribution < -0.4 is 5.32 Å². The number of nitrogens with zero attached hydrogens (tertiary/aromatic N) is 1. The number of carbonyl (C=O) groups is 2. The smallest absolute Gasteiger partial charge is 0.262 e. The molecule has 1 aliphatic rings. The third kappa shape index (κ3) is 3.13. The van der Waals surface area contributed by atoms with Crippen LogP contribution >= 0.6 is 11.3 Å². The molecule has 1 unspecified atom stereocenters. The number of carbonyl (C=O) groups excluding carboxylic acids is 2. The summed E-state index contributed by atoms with van der Waals surface area (Å²) in [5.74, 6) is -0.331. The largest absolute Gasteiger partial charge is 0.389 e. The first-order valence-corrected chi connectivity index (χ1v) is 7.18. The normalized spacial score (nSPS) is 17.2. The van der Waals surface area contributed by atoms with Gasteiger partial charge in [0.15, 0.2) is 0 Å². The molecule has 1 atom stereocenters. The maximum Gasteiger partial charge on any atom is 0.262 e. The van der Waals surface area contributed by atoms with E-state index in [4.69, 9.17) is 0 Å². The van der Waals surface area contributed by atoms with Gasteiger partial charge in [0.05, 0.1) is 11.0 Å². The molecule has 1 fully saturated rings. The molecule has 6 heteroatoms. The highest BCUT2D eigenvalue weighted by Crippen LogP contribution is 2.15. The molecule has 1 saturated heterocycles. The van der Waals surface area contributed by atoms with Gasteiger partial charge >= 0.3 is 0 Å². The van der Waals surface area contributed by atoms with Gasteiger partial charge in [0.1, 0.15) is 6.04 Å². The van der Waals surface area contributed by atoms with Gasteiger partial charge in [0.2, 0.25) is 5.91 Å². The highest BCUT2D eigenvalue weighted by atomic mass is 32.1. The van der Waals surface area contributed by atoms with E-state index in [2.05, 4.69) is 5.32 Å². The van der Waals surface area contributed by atoms with E-state index < -0.39 is 12.1 Å². The van der Waals surface area contributed by atoms with Gasteiger partial charge in [-0.05, 0) is 17.4 Å². The first-order chi connectivity index (χ1) is 8.99. The minimum atomic E-state index is -0.540. The summed E-state index contributed by atoms with van der Waals surface area (Å²) < 4.78 is 0. The fraction of sp³-hybridized carbons (Fsp3) is 0.538. The molecule has 104 valence electrons. The molecule has 2 heterocycles. The lowest BCUT2D eigenvalue weighted by molar-refractivity contribution is -0.144. The molecule has 5 nitrogen and oxygen atoms in total.